The van der Waals surface area contributed by atoms with Crippen LogP contribution in [0, 0.1) is 10.1 Å². The van der Waals surface area contributed by atoms with Gasteiger partial charge >= 0.3 is 23.9 Å². The Morgan fingerprint density at radius 3 is 1.57 bits per heavy atom. The van der Waals surface area contributed by atoms with Crippen molar-refractivity contribution in [2.75, 3.05) is 45.8 Å². The maximum atomic E-state index is 12.3. The predicted molar refractivity (Wildman–Crippen MR) is 160 cm³/mol. The van der Waals surface area contributed by atoms with E-state index < -0.39 is 59.0 Å². The normalized spacial score (nSPS) is 21.8. The fraction of sp³-hybridized carbons (Fsp3) is 0.655. The summed E-state index contributed by atoms with van der Waals surface area (Å²) in [7, 11) is 0. The fourth-order valence-corrected chi connectivity index (χ4v) is 5.45. The van der Waals surface area contributed by atoms with Crippen molar-refractivity contribution in [3.8, 4) is 0 Å². The highest BCUT2D eigenvalue weighted by atomic mass is 16.6. The molecule has 15 nitrogen and oxygen atoms in total. The highest BCUT2D eigenvalue weighted by Gasteiger charge is 2.33. The van der Waals surface area contributed by atoms with Gasteiger partial charge in [-0.15, -0.1) is 0 Å². The van der Waals surface area contributed by atoms with Crippen molar-refractivity contribution in [3.63, 3.8) is 0 Å². The molecule has 0 spiro atoms. The van der Waals surface area contributed by atoms with E-state index in [1.165, 1.54) is 26.0 Å². The predicted octanol–water partition coefficient (Wildman–Crippen LogP) is 1.40. The Morgan fingerprint density at radius 1 is 0.705 bits per heavy atom. The van der Waals surface area contributed by atoms with Crippen molar-refractivity contribution in [2.45, 2.75) is 77.2 Å². The van der Waals surface area contributed by atoms with Gasteiger partial charge in [-0.1, -0.05) is 12.1 Å². The van der Waals surface area contributed by atoms with Crippen LogP contribution in [0.3, 0.4) is 0 Å². The Kier molecular flexibility index (Phi) is 14.1. The molecule has 5 atom stereocenters. The van der Waals surface area contributed by atoms with Gasteiger partial charge in [0, 0.05) is 50.9 Å². The van der Waals surface area contributed by atoms with Gasteiger partial charge in [-0.25, -0.2) is 0 Å². The molecule has 1 aromatic carbocycles. The average Bonchev–Trinajstić information content (AvgIpc) is 2.97. The van der Waals surface area contributed by atoms with Crippen LogP contribution in [0.4, 0.5) is 5.69 Å². The molecule has 15 heteroatoms. The van der Waals surface area contributed by atoms with E-state index in [1.807, 2.05) is 0 Å². The third-order valence-electron chi connectivity index (χ3n) is 8.56. The summed E-state index contributed by atoms with van der Waals surface area (Å²) in [5.74, 6) is -4.26. The first-order chi connectivity index (χ1) is 20.6. The van der Waals surface area contributed by atoms with Gasteiger partial charge in [0.15, 0.2) is 0 Å². The molecule has 0 bridgehead atoms. The third kappa shape index (κ3) is 10.5. The summed E-state index contributed by atoms with van der Waals surface area (Å²) in [6.07, 6.45) is 1.32. The van der Waals surface area contributed by atoms with Crippen LogP contribution >= 0.6 is 0 Å². The van der Waals surface area contributed by atoms with Crippen LogP contribution in [-0.4, -0.2) is 145 Å². The topological polar surface area (TPSA) is 205 Å². The zero-order valence-electron chi connectivity index (χ0n) is 25.7. The molecular formula is C29H45N5O10. The van der Waals surface area contributed by atoms with Crippen LogP contribution in [0.2, 0.25) is 0 Å². The molecule has 1 saturated heterocycles. The Balaban J connectivity index is 2.57. The maximum Gasteiger partial charge on any atom is 0.320 e. The number of carboxylic acid groups (broad SMARTS) is 4. The summed E-state index contributed by atoms with van der Waals surface area (Å²) >= 11 is 0. The number of nitrogens with zero attached hydrogens (tertiary/aromatic N) is 5. The van der Waals surface area contributed by atoms with Crippen LogP contribution in [0.25, 0.3) is 0 Å². The zero-order chi connectivity index (χ0) is 33.1. The van der Waals surface area contributed by atoms with E-state index >= 15 is 0 Å². The number of hydrogen-bond acceptors (Lipinski definition) is 10. The third-order valence-corrected chi connectivity index (χ3v) is 8.56. The first-order valence-corrected chi connectivity index (χ1v) is 14.8. The SMILES string of the molecule is C[C@H](C(=O)O)N1CCCCN([C@H](C)C(=O)O)[C@@H](Cc2ccc([N+](=O)[O-])cc2)CN([C@H](C)C(=O)O)CCN([C@H](C)C(=O)O)CC1. The van der Waals surface area contributed by atoms with Crippen molar-refractivity contribution < 1.29 is 44.5 Å². The summed E-state index contributed by atoms with van der Waals surface area (Å²) in [6.45, 7) is 7.84. The van der Waals surface area contributed by atoms with Crippen molar-refractivity contribution in [1.82, 2.24) is 19.6 Å². The van der Waals surface area contributed by atoms with E-state index in [0.29, 0.717) is 31.5 Å². The molecule has 0 aromatic heterocycles. The number of nitro benzene ring substituents is 1. The van der Waals surface area contributed by atoms with Crippen molar-refractivity contribution in [1.29, 1.82) is 0 Å². The van der Waals surface area contributed by atoms with E-state index in [4.69, 9.17) is 0 Å². The summed E-state index contributed by atoms with van der Waals surface area (Å²) in [4.78, 5) is 65.8. The van der Waals surface area contributed by atoms with Crippen LogP contribution in [0.15, 0.2) is 24.3 Å². The molecule has 0 amide bonds. The average molecular weight is 624 g/mol. The lowest BCUT2D eigenvalue weighted by molar-refractivity contribution is -0.384. The second-order valence-corrected chi connectivity index (χ2v) is 11.4. The molecular weight excluding hydrogens is 578 g/mol. The monoisotopic (exact) mass is 623 g/mol. The number of carbonyl (C=O) groups is 4. The minimum atomic E-state index is -1.10. The van der Waals surface area contributed by atoms with Crippen LogP contribution < -0.4 is 0 Å². The van der Waals surface area contributed by atoms with Crippen LogP contribution in [0.1, 0.15) is 46.1 Å². The van der Waals surface area contributed by atoms with Gasteiger partial charge in [0.25, 0.3) is 5.69 Å². The lowest BCUT2D eigenvalue weighted by Gasteiger charge is -2.40. The minimum absolute atomic E-state index is 0.0931. The van der Waals surface area contributed by atoms with Gasteiger partial charge in [-0.2, -0.15) is 0 Å². The molecule has 0 radical (unpaired) electrons. The van der Waals surface area contributed by atoms with Gasteiger partial charge in [0.2, 0.25) is 0 Å². The fourth-order valence-electron chi connectivity index (χ4n) is 5.45. The Labute approximate surface area is 256 Å². The molecule has 0 saturated carbocycles. The van der Waals surface area contributed by atoms with Gasteiger partial charge in [-0.05, 0) is 65.6 Å². The lowest BCUT2D eigenvalue weighted by Crippen LogP contribution is -2.56. The number of hydrogen-bond donors (Lipinski definition) is 4. The number of benzene rings is 1. The summed E-state index contributed by atoms with van der Waals surface area (Å²) < 4.78 is 0. The standard InChI is InChI=1S/C29H45N5O10/c1-19(26(35)36)30-11-5-6-12-33(22(4)29(41)42)25(17-23-7-9-24(10-8-23)34(43)44)18-32(21(3)28(39)40)16-15-31(14-13-30)20(2)27(37)38/h7-10,19-22,25H,5-6,11-18H2,1-4H3,(H,35,36)(H,37,38)(H,39,40)(H,41,42)/t19-,20-,21-,22-,25+/m1/s1. The Morgan fingerprint density at radius 2 is 1.11 bits per heavy atom. The second-order valence-electron chi connectivity index (χ2n) is 11.4. The van der Waals surface area contributed by atoms with Crippen molar-refractivity contribution >= 4 is 29.6 Å². The van der Waals surface area contributed by atoms with Crippen LogP contribution in [-0.2, 0) is 25.6 Å². The Bertz CT molecular complexity index is 1150. The molecule has 1 heterocycles. The number of carboxylic acids is 4. The van der Waals surface area contributed by atoms with Gasteiger partial charge in [0.05, 0.1) is 4.92 Å². The molecule has 1 aromatic rings. The first kappa shape index (κ1) is 36.5. The molecule has 0 unspecified atom stereocenters. The quantitative estimate of drug-likeness (QED) is 0.203. The van der Waals surface area contributed by atoms with Gasteiger partial charge in [0.1, 0.15) is 24.2 Å². The summed E-state index contributed by atoms with van der Waals surface area (Å²) in [5.41, 5.74) is 0.610. The molecule has 4 N–H and O–H groups in total. The van der Waals surface area contributed by atoms with E-state index in [0.717, 1.165) is 0 Å². The summed E-state index contributed by atoms with van der Waals surface area (Å²) in [6, 6.07) is 1.70. The molecule has 1 aliphatic heterocycles. The molecule has 2 rings (SSSR count). The number of non-ortho nitro benzene ring substituents is 1. The molecule has 1 fully saturated rings. The second kappa shape index (κ2) is 17.0. The first-order valence-electron chi connectivity index (χ1n) is 14.8. The molecule has 44 heavy (non-hydrogen) atoms. The highest BCUT2D eigenvalue weighted by Crippen LogP contribution is 2.20. The zero-order valence-corrected chi connectivity index (χ0v) is 25.7. The number of rotatable bonds is 11. The van der Waals surface area contributed by atoms with E-state index in [2.05, 4.69) is 0 Å². The van der Waals surface area contributed by atoms with Crippen LogP contribution in [0.5, 0.6) is 0 Å². The highest BCUT2D eigenvalue weighted by molar-refractivity contribution is 5.74. The largest absolute Gasteiger partial charge is 0.480 e. The summed E-state index contributed by atoms with van der Waals surface area (Å²) in [5, 5.41) is 50.6. The Hall–Kier alpha value is -3.66. The van der Waals surface area contributed by atoms with E-state index in [1.54, 1.807) is 45.6 Å². The number of nitro groups is 1. The number of aliphatic carboxylic acids is 4. The maximum absolute atomic E-state index is 12.3. The smallest absolute Gasteiger partial charge is 0.320 e. The van der Waals surface area contributed by atoms with Crippen molar-refractivity contribution in [3.05, 3.63) is 39.9 Å². The minimum Gasteiger partial charge on any atom is -0.480 e. The van der Waals surface area contributed by atoms with Crippen molar-refractivity contribution in [2.24, 2.45) is 0 Å². The van der Waals surface area contributed by atoms with Gasteiger partial charge in [-0.3, -0.25) is 48.9 Å². The molecule has 246 valence electrons. The lowest BCUT2D eigenvalue weighted by atomic mass is 10.0. The molecule has 1 aliphatic rings. The van der Waals surface area contributed by atoms with E-state index in [-0.39, 0.29) is 44.8 Å². The van der Waals surface area contributed by atoms with E-state index in [9.17, 15) is 49.7 Å². The van der Waals surface area contributed by atoms with Gasteiger partial charge < -0.3 is 20.4 Å². The molecule has 0 aliphatic carbocycles.